The normalized spacial score (nSPS) is 10.3. The second kappa shape index (κ2) is 6.48. The predicted octanol–water partition coefficient (Wildman–Crippen LogP) is 4.66. The quantitative estimate of drug-likeness (QED) is 0.857. The number of para-hydroxylation sites is 1. The first-order valence-corrected chi connectivity index (χ1v) is 6.79. The molecule has 3 heteroatoms. The third kappa shape index (κ3) is 3.65. The Balaban J connectivity index is 2.02. The third-order valence-electron chi connectivity index (χ3n) is 2.93. The predicted molar refractivity (Wildman–Crippen MR) is 81.1 cm³/mol. The van der Waals surface area contributed by atoms with E-state index in [1.54, 1.807) is 0 Å². The summed E-state index contributed by atoms with van der Waals surface area (Å²) >= 11 is 6.18. The van der Waals surface area contributed by atoms with E-state index in [9.17, 15) is 0 Å². The summed E-state index contributed by atoms with van der Waals surface area (Å²) in [7, 11) is 0. The van der Waals surface area contributed by atoms with Crippen LogP contribution in [0.15, 0.2) is 42.5 Å². The number of anilines is 1. The lowest BCUT2D eigenvalue weighted by molar-refractivity contribution is 0.340. The van der Waals surface area contributed by atoms with Gasteiger partial charge in [-0.25, -0.2) is 0 Å². The van der Waals surface area contributed by atoms with Gasteiger partial charge in [-0.1, -0.05) is 35.9 Å². The van der Waals surface area contributed by atoms with Crippen molar-refractivity contribution >= 4 is 17.3 Å². The molecule has 0 amide bonds. The molecule has 19 heavy (non-hydrogen) atoms. The Morgan fingerprint density at radius 2 is 1.84 bits per heavy atom. The van der Waals surface area contributed by atoms with E-state index in [0.29, 0.717) is 6.61 Å². The second-order valence-corrected chi connectivity index (χ2v) is 4.77. The summed E-state index contributed by atoms with van der Waals surface area (Å²) in [5, 5.41) is 4.13. The lowest BCUT2D eigenvalue weighted by Gasteiger charge is -2.12. The highest BCUT2D eigenvalue weighted by Gasteiger charge is 2.03. The van der Waals surface area contributed by atoms with Crippen LogP contribution in [0.3, 0.4) is 0 Å². The van der Waals surface area contributed by atoms with Crippen LogP contribution >= 0.6 is 11.6 Å². The van der Waals surface area contributed by atoms with Gasteiger partial charge in [-0.3, -0.25) is 0 Å². The standard InChI is InChI=1S/C16H18ClNO/c1-3-19-14-9-7-13(8-10-14)11-18-16-12(2)5-4-6-15(16)17/h4-10,18H,3,11H2,1-2H3. The van der Waals surface area contributed by atoms with Crippen LogP contribution in [0, 0.1) is 6.92 Å². The van der Waals surface area contributed by atoms with E-state index in [1.807, 2.05) is 44.2 Å². The Morgan fingerprint density at radius 3 is 2.47 bits per heavy atom. The highest BCUT2D eigenvalue weighted by molar-refractivity contribution is 6.33. The number of halogens is 1. The molecule has 0 bridgehead atoms. The average Bonchev–Trinajstić information content (AvgIpc) is 2.40. The smallest absolute Gasteiger partial charge is 0.119 e. The maximum atomic E-state index is 6.18. The van der Waals surface area contributed by atoms with E-state index in [1.165, 1.54) is 5.56 Å². The van der Waals surface area contributed by atoms with Crippen molar-refractivity contribution in [3.63, 3.8) is 0 Å². The first kappa shape index (κ1) is 13.8. The average molecular weight is 276 g/mol. The first-order valence-electron chi connectivity index (χ1n) is 6.41. The van der Waals surface area contributed by atoms with Crippen LogP contribution in [0.4, 0.5) is 5.69 Å². The zero-order valence-corrected chi connectivity index (χ0v) is 12.0. The van der Waals surface area contributed by atoms with E-state index in [2.05, 4.69) is 17.4 Å². The Kier molecular flexibility index (Phi) is 4.69. The topological polar surface area (TPSA) is 21.3 Å². The minimum atomic E-state index is 0.691. The van der Waals surface area contributed by atoms with Crippen LogP contribution in [0.25, 0.3) is 0 Å². The molecule has 0 radical (unpaired) electrons. The number of aryl methyl sites for hydroxylation is 1. The van der Waals surface area contributed by atoms with Crippen LogP contribution in [-0.2, 0) is 6.54 Å². The van der Waals surface area contributed by atoms with Crippen LogP contribution in [0.5, 0.6) is 5.75 Å². The molecule has 0 aliphatic carbocycles. The van der Waals surface area contributed by atoms with Gasteiger partial charge in [-0.15, -0.1) is 0 Å². The lowest BCUT2D eigenvalue weighted by Crippen LogP contribution is -2.01. The molecule has 0 aliphatic heterocycles. The van der Waals surface area contributed by atoms with Gasteiger partial charge in [0, 0.05) is 6.54 Å². The minimum Gasteiger partial charge on any atom is -0.494 e. The molecule has 0 aliphatic rings. The zero-order chi connectivity index (χ0) is 13.7. The molecule has 0 aromatic heterocycles. The molecular weight excluding hydrogens is 258 g/mol. The van der Waals surface area contributed by atoms with E-state index >= 15 is 0 Å². The Bertz CT molecular complexity index is 517. The van der Waals surface area contributed by atoms with Gasteiger partial charge >= 0.3 is 0 Å². The molecule has 0 atom stereocenters. The number of hydrogen-bond donors (Lipinski definition) is 1. The van der Waals surface area contributed by atoms with Crippen molar-refractivity contribution in [1.82, 2.24) is 0 Å². The molecule has 0 heterocycles. The van der Waals surface area contributed by atoms with Gasteiger partial charge in [-0.2, -0.15) is 0 Å². The molecule has 2 aromatic carbocycles. The molecule has 0 saturated heterocycles. The highest BCUT2D eigenvalue weighted by Crippen LogP contribution is 2.25. The van der Waals surface area contributed by atoms with Crippen molar-refractivity contribution in [3.8, 4) is 5.75 Å². The molecule has 1 N–H and O–H groups in total. The number of benzene rings is 2. The van der Waals surface area contributed by atoms with E-state index in [0.717, 1.165) is 28.6 Å². The van der Waals surface area contributed by atoms with E-state index < -0.39 is 0 Å². The molecule has 0 fully saturated rings. The Hall–Kier alpha value is -1.67. The van der Waals surface area contributed by atoms with E-state index in [4.69, 9.17) is 16.3 Å². The van der Waals surface area contributed by atoms with Gasteiger partial charge < -0.3 is 10.1 Å². The van der Waals surface area contributed by atoms with Gasteiger partial charge in [0.25, 0.3) is 0 Å². The number of nitrogens with one attached hydrogen (secondary N) is 1. The zero-order valence-electron chi connectivity index (χ0n) is 11.2. The van der Waals surface area contributed by atoms with Crippen LogP contribution in [0.2, 0.25) is 5.02 Å². The van der Waals surface area contributed by atoms with Gasteiger partial charge in [0.15, 0.2) is 0 Å². The van der Waals surface area contributed by atoms with Crippen molar-refractivity contribution in [1.29, 1.82) is 0 Å². The van der Waals surface area contributed by atoms with Gasteiger partial charge in [0.1, 0.15) is 5.75 Å². The largest absolute Gasteiger partial charge is 0.494 e. The Morgan fingerprint density at radius 1 is 1.11 bits per heavy atom. The molecule has 2 nitrogen and oxygen atoms in total. The van der Waals surface area contributed by atoms with E-state index in [-0.39, 0.29) is 0 Å². The summed E-state index contributed by atoms with van der Waals surface area (Å²) in [5.41, 5.74) is 3.35. The Labute approximate surface area is 119 Å². The highest BCUT2D eigenvalue weighted by atomic mass is 35.5. The number of hydrogen-bond acceptors (Lipinski definition) is 2. The molecule has 0 unspecified atom stereocenters. The molecule has 2 aromatic rings. The minimum absolute atomic E-state index is 0.691. The van der Waals surface area contributed by atoms with Crippen LogP contribution in [0.1, 0.15) is 18.1 Å². The fourth-order valence-corrected chi connectivity index (χ4v) is 2.21. The van der Waals surface area contributed by atoms with Crippen molar-refractivity contribution < 1.29 is 4.74 Å². The summed E-state index contributed by atoms with van der Waals surface area (Å²) < 4.78 is 5.42. The monoisotopic (exact) mass is 275 g/mol. The fraction of sp³-hybridized carbons (Fsp3) is 0.250. The lowest BCUT2D eigenvalue weighted by atomic mass is 10.1. The van der Waals surface area contributed by atoms with Gasteiger partial charge in [0.05, 0.1) is 17.3 Å². The molecule has 100 valence electrons. The fourth-order valence-electron chi connectivity index (χ4n) is 1.92. The van der Waals surface area contributed by atoms with Crippen molar-refractivity contribution in [3.05, 3.63) is 58.6 Å². The maximum absolute atomic E-state index is 6.18. The molecular formula is C16H18ClNO. The molecule has 2 rings (SSSR count). The van der Waals surface area contributed by atoms with Crippen molar-refractivity contribution in [2.75, 3.05) is 11.9 Å². The SMILES string of the molecule is CCOc1ccc(CNc2c(C)cccc2Cl)cc1. The van der Waals surface area contributed by atoms with Crippen molar-refractivity contribution in [2.45, 2.75) is 20.4 Å². The summed E-state index contributed by atoms with van der Waals surface area (Å²) in [6.45, 7) is 5.47. The molecule has 0 spiro atoms. The number of ether oxygens (including phenoxy) is 1. The van der Waals surface area contributed by atoms with Crippen LogP contribution < -0.4 is 10.1 Å². The third-order valence-corrected chi connectivity index (χ3v) is 3.24. The van der Waals surface area contributed by atoms with Crippen LogP contribution in [-0.4, -0.2) is 6.61 Å². The molecule has 0 saturated carbocycles. The first-order chi connectivity index (χ1) is 9.20. The van der Waals surface area contributed by atoms with Crippen molar-refractivity contribution in [2.24, 2.45) is 0 Å². The number of rotatable bonds is 5. The summed E-state index contributed by atoms with van der Waals surface area (Å²) in [4.78, 5) is 0. The van der Waals surface area contributed by atoms with Gasteiger partial charge in [0.2, 0.25) is 0 Å². The second-order valence-electron chi connectivity index (χ2n) is 4.36. The maximum Gasteiger partial charge on any atom is 0.119 e. The summed E-state index contributed by atoms with van der Waals surface area (Å²) in [6.07, 6.45) is 0. The van der Waals surface area contributed by atoms with Gasteiger partial charge in [-0.05, 0) is 43.2 Å². The summed E-state index contributed by atoms with van der Waals surface area (Å²) in [6, 6.07) is 14.0. The summed E-state index contributed by atoms with van der Waals surface area (Å²) in [5.74, 6) is 0.903.